The molecule has 1 saturated heterocycles. The van der Waals surface area contributed by atoms with E-state index in [1.807, 2.05) is 37.3 Å². The Bertz CT molecular complexity index is 388. The third-order valence-electron chi connectivity index (χ3n) is 3.45. The van der Waals surface area contributed by atoms with Crippen LogP contribution in [0.25, 0.3) is 0 Å². The molecule has 1 fully saturated rings. The lowest BCUT2D eigenvalue weighted by Gasteiger charge is -2.32. The van der Waals surface area contributed by atoms with Gasteiger partial charge in [0.25, 0.3) is 0 Å². The lowest BCUT2D eigenvalue weighted by Crippen LogP contribution is -2.40. The predicted molar refractivity (Wildman–Crippen MR) is 69.0 cm³/mol. The van der Waals surface area contributed by atoms with E-state index < -0.39 is 0 Å². The second-order valence-corrected chi connectivity index (χ2v) is 4.97. The van der Waals surface area contributed by atoms with Crippen molar-refractivity contribution in [1.29, 1.82) is 0 Å². The van der Waals surface area contributed by atoms with Crippen molar-refractivity contribution < 1.29 is 14.3 Å². The fourth-order valence-electron chi connectivity index (χ4n) is 2.29. The van der Waals surface area contributed by atoms with Crippen LogP contribution in [0.15, 0.2) is 30.3 Å². The highest BCUT2D eigenvalue weighted by Gasteiger charge is 2.32. The second kappa shape index (κ2) is 6.01. The summed E-state index contributed by atoms with van der Waals surface area (Å²) in [7, 11) is 0. The molecular formula is C15H20O3. The van der Waals surface area contributed by atoms with Crippen molar-refractivity contribution in [3.8, 4) is 0 Å². The maximum Gasteiger partial charge on any atom is 0.306 e. The molecule has 3 heteroatoms. The van der Waals surface area contributed by atoms with Gasteiger partial charge in [0.1, 0.15) is 6.10 Å². The predicted octanol–water partition coefficient (Wildman–Crippen LogP) is 2.93. The highest BCUT2D eigenvalue weighted by atomic mass is 16.6. The van der Waals surface area contributed by atoms with E-state index in [4.69, 9.17) is 9.47 Å². The van der Waals surface area contributed by atoms with Gasteiger partial charge < -0.3 is 9.47 Å². The molecule has 1 aliphatic rings. The maximum absolute atomic E-state index is 11.3. The Morgan fingerprint density at radius 2 is 2.11 bits per heavy atom. The van der Waals surface area contributed by atoms with Crippen molar-refractivity contribution in [3.05, 3.63) is 35.9 Å². The van der Waals surface area contributed by atoms with Gasteiger partial charge >= 0.3 is 5.97 Å². The first-order chi connectivity index (χ1) is 8.66. The largest absolute Gasteiger partial charge is 0.459 e. The second-order valence-electron chi connectivity index (χ2n) is 4.97. The summed E-state index contributed by atoms with van der Waals surface area (Å²) in [6.07, 6.45) is 1.24. The molecule has 98 valence electrons. The molecule has 18 heavy (non-hydrogen) atoms. The Hall–Kier alpha value is -1.35. The van der Waals surface area contributed by atoms with Gasteiger partial charge in [0.2, 0.25) is 0 Å². The molecule has 0 saturated carbocycles. The molecule has 0 aliphatic carbocycles. The van der Waals surface area contributed by atoms with Crippen LogP contribution in [0.4, 0.5) is 0 Å². The monoisotopic (exact) mass is 248 g/mol. The lowest BCUT2D eigenvalue weighted by atomic mass is 9.93. The smallest absolute Gasteiger partial charge is 0.306 e. The van der Waals surface area contributed by atoms with Gasteiger partial charge in [-0.3, -0.25) is 4.79 Å². The molecule has 0 unspecified atom stereocenters. The zero-order valence-corrected chi connectivity index (χ0v) is 11.0. The van der Waals surface area contributed by atoms with Crippen LogP contribution in [0.2, 0.25) is 0 Å². The third kappa shape index (κ3) is 3.33. The van der Waals surface area contributed by atoms with E-state index in [1.165, 1.54) is 0 Å². The number of cyclic esters (lactones) is 1. The Labute approximate surface area is 108 Å². The van der Waals surface area contributed by atoms with Crippen LogP contribution in [-0.2, 0) is 20.9 Å². The zero-order chi connectivity index (χ0) is 13.0. The number of rotatable bonds is 4. The zero-order valence-electron chi connectivity index (χ0n) is 11.0. The van der Waals surface area contributed by atoms with E-state index in [1.54, 1.807) is 0 Å². The molecule has 3 nitrogen and oxygen atoms in total. The van der Waals surface area contributed by atoms with E-state index in [0.717, 1.165) is 12.0 Å². The fourth-order valence-corrected chi connectivity index (χ4v) is 2.29. The van der Waals surface area contributed by atoms with Crippen molar-refractivity contribution in [2.75, 3.05) is 0 Å². The molecule has 0 aromatic heterocycles. The summed E-state index contributed by atoms with van der Waals surface area (Å²) in [6.45, 7) is 4.64. The van der Waals surface area contributed by atoms with E-state index in [2.05, 4.69) is 6.92 Å². The minimum atomic E-state index is -0.116. The van der Waals surface area contributed by atoms with Gasteiger partial charge in [0.05, 0.1) is 12.7 Å². The first kappa shape index (κ1) is 13.1. The van der Waals surface area contributed by atoms with Gasteiger partial charge in [-0.15, -0.1) is 0 Å². The molecule has 1 aliphatic heterocycles. The Kier molecular flexibility index (Phi) is 4.37. The average molecular weight is 248 g/mol. The molecule has 0 bridgehead atoms. The highest BCUT2D eigenvalue weighted by molar-refractivity contribution is 5.70. The third-order valence-corrected chi connectivity index (χ3v) is 3.45. The topological polar surface area (TPSA) is 35.5 Å². The van der Waals surface area contributed by atoms with E-state index in [0.29, 0.717) is 18.9 Å². The van der Waals surface area contributed by atoms with Crippen molar-refractivity contribution in [1.82, 2.24) is 0 Å². The number of hydrogen-bond acceptors (Lipinski definition) is 3. The molecule has 0 amide bonds. The lowest BCUT2D eigenvalue weighted by molar-refractivity contribution is -0.170. The van der Waals surface area contributed by atoms with Gasteiger partial charge in [0, 0.05) is 6.42 Å². The molecular weight excluding hydrogens is 228 g/mol. The molecule has 3 atom stereocenters. The first-order valence-electron chi connectivity index (χ1n) is 6.52. The number of ether oxygens (including phenoxy) is 2. The van der Waals surface area contributed by atoms with Crippen molar-refractivity contribution in [2.24, 2.45) is 5.92 Å². The average Bonchev–Trinajstić information content (AvgIpc) is 2.40. The minimum Gasteiger partial charge on any atom is -0.459 e. The molecule has 0 radical (unpaired) electrons. The van der Waals surface area contributed by atoms with Crippen LogP contribution < -0.4 is 0 Å². The van der Waals surface area contributed by atoms with Gasteiger partial charge in [-0.1, -0.05) is 37.3 Å². The summed E-state index contributed by atoms with van der Waals surface area (Å²) in [5, 5.41) is 0. The normalized spacial score (nSPS) is 25.6. The van der Waals surface area contributed by atoms with Gasteiger partial charge in [-0.2, -0.15) is 0 Å². The fraction of sp³-hybridized carbons (Fsp3) is 0.533. The molecule has 1 heterocycles. The first-order valence-corrected chi connectivity index (χ1v) is 6.52. The molecule has 0 spiro atoms. The van der Waals surface area contributed by atoms with E-state index >= 15 is 0 Å². The number of hydrogen-bond donors (Lipinski definition) is 0. The quantitative estimate of drug-likeness (QED) is 0.768. The molecule has 1 aromatic rings. The van der Waals surface area contributed by atoms with Crippen molar-refractivity contribution >= 4 is 5.97 Å². The van der Waals surface area contributed by atoms with Crippen LogP contribution >= 0.6 is 0 Å². The summed E-state index contributed by atoms with van der Waals surface area (Å²) in [5.41, 5.74) is 1.14. The molecule has 2 rings (SSSR count). The van der Waals surface area contributed by atoms with Crippen molar-refractivity contribution in [3.63, 3.8) is 0 Å². The SMILES string of the molecule is C[C@H](OCc1ccccc1)[C@H]1OC(=O)CC[C@@H]1C. The number of benzene rings is 1. The van der Waals surface area contributed by atoms with E-state index in [-0.39, 0.29) is 18.2 Å². The van der Waals surface area contributed by atoms with Crippen LogP contribution in [0.1, 0.15) is 32.3 Å². The summed E-state index contributed by atoms with van der Waals surface area (Å²) in [5.74, 6) is 0.265. The number of carbonyl (C=O) groups excluding carboxylic acids is 1. The standard InChI is InChI=1S/C15H20O3/c1-11-8-9-14(16)18-15(11)12(2)17-10-13-6-4-3-5-7-13/h3-7,11-12,15H,8-10H2,1-2H3/t11-,12-,15-/m0/s1. The minimum absolute atomic E-state index is 0.0653. The number of carbonyl (C=O) groups is 1. The van der Waals surface area contributed by atoms with Gasteiger partial charge in [-0.25, -0.2) is 0 Å². The molecule has 1 aromatic carbocycles. The Morgan fingerprint density at radius 1 is 1.39 bits per heavy atom. The van der Waals surface area contributed by atoms with Crippen LogP contribution in [-0.4, -0.2) is 18.2 Å². The van der Waals surface area contributed by atoms with Crippen LogP contribution in [0, 0.1) is 5.92 Å². The van der Waals surface area contributed by atoms with Crippen molar-refractivity contribution in [2.45, 2.75) is 45.5 Å². The maximum atomic E-state index is 11.3. The van der Waals surface area contributed by atoms with Gasteiger partial charge in [0.15, 0.2) is 0 Å². The van der Waals surface area contributed by atoms with Crippen LogP contribution in [0.5, 0.6) is 0 Å². The summed E-state index contributed by atoms with van der Waals surface area (Å²) >= 11 is 0. The highest BCUT2D eigenvalue weighted by Crippen LogP contribution is 2.25. The van der Waals surface area contributed by atoms with Gasteiger partial charge in [-0.05, 0) is 24.8 Å². The summed E-state index contributed by atoms with van der Waals surface area (Å²) < 4.78 is 11.2. The Morgan fingerprint density at radius 3 is 2.83 bits per heavy atom. The summed E-state index contributed by atoms with van der Waals surface area (Å²) in [4.78, 5) is 11.3. The number of esters is 1. The van der Waals surface area contributed by atoms with E-state index in [9.17, 15) is 4.79 Å². The Balaban J connectivity index is 1.87. The summed E-state index contributed by atoms with van der Waals surface area (Å²) in [6, 6.07) is 10.0. The van der Waals surface area contributed by atoms with Crippen LogP contribution in [0.3, 0.4) is 0 Å². The molecule has 0 N–H and O–H groups in total.